The molecule has 0 aromatic rings. The first-order valence-corrected chi connectivity index (χ1v) is 4.76. The highest BCUT2D eigenvalue weighted by Gasteiger charge is 2.26. The van der Waals surface area contributed by atoms with Crippen molar-refractivity contribution in [2.24, 2.45) is 0 Å². The van der Waals surface area contributed by atoms with E-state index in [4.69, 9.17) is 0 Å². The molecule has 0 N–H and O–H groups in total. The highest BCUT2D eigenvalue weighted by Crippen LogP contribution is 2.19. The fraction of sp³-hybridized carbons (Fsp3) is 0.700. The van der Waals surface area contributed by atoms with Gasteiger partial charge in [0.2, 0.25) is 0 Å². The molecule has 0 unspecified atom stereocenters. The van der Waals surface area contributed by atoms with Gasteiger partial charge >= 0.3 is 12.1 Å². The van der Waals surface area contributed by atoms with E-state index in [-0.39, 0.29) is 13.1 Å². The van der Waals surface area contributed by atoms with Gasteiger partial charge in [-0.1, -0.05) is 6.08 Å². The third kappa shape index (κ3) is 7.28. The lowest BCUT2D eigenvalue weighted by atomic mass is 10.3. The number of carbonyl (C=O) groups is 1. The first-order valence-electron chi connectivity index (χ1n) is 4.76. The number of esters is 1. The molecule has 0 aliphatic heterocycles. The fourth-order valence-corrected chi connectivity index (χ4v) is 0.946. The van der Waals surface area contributed by atoms with Crippen molar-refractivity contribution < 1.29 is 22.7 Å². The third-order valence-electron chi connectivity index (χ3n) is 1.99. The van der Waals surface area contributed by atoms with E-state index in [2.05, 4.69) is 4.74 Å². The second kappa shape index (κ2) is 6.52. The predicted octanol–water partition coefficient (Wildman–Crippen LogP) is 1.99. The molecule has 0 aliphatic carbocycles. The Labute approximate surface area is 92.9 Å². The molecule has 0 radical (unpaired) electrons. The van der Waals surface area contributed by atoms with Crippen molar-refractivity contribution in [3.8, 4) is 0 Å². The number of halogens is 3. The summed E-state index contributed by atoms with van der Waals surface area (Å²) in [6.45, 7) is 1.76. The lowest BCUT2D eigenvalue weighted by molar-refractivity contribution is -0.137. The number of nitrogens with zero attached hydrogens (tertiary/aromatic N) is 1. The Hall–Kier alpha value is -1.04. The van der Waals surface area contributed by atoms with Gasteiger partial charge in [-0.25, -0.2) is 4.79 Å². The standard InChI is InChI=1S/C10H16F3NO2/c1-8(9(15)16-3)4-6-14(2)7-5-10(11,12)13/h4H,5-7H2,1-3H3. The minimum Gasteiger partial charge on any atom is -0.466 e. The molecule has 0 bridgehead atoms. The molecule has 0 atom stereocenters. The van der Waals surface area contributed by atoms with Crippen LogP contribution in [0, 0.1) is 0 Å². The third-order valence-corrected chi connectivity index (χ3v) is 1.99. The molecule has 0 amide bonds. The minimum absolute atomic E-state index is 0.0888. The molecule has 0 saturated heterocycles. The maximum atomic E-state index is 11.9. The van der Waals surface area contributed by atoms with Gasteiger partial charge in [0.05, 0.1) is 13.5 Å². The van der Waals surface area contributed by atoms with Crippen molar-refractivity contribution in [2.75, 3.05) is 27.2 Å². The summed E-state index contributed by atoms with van der Waals surface area (Å²) in [7, 11) is 2.82. The number of methoxy groups -OCH3 is 1. The number of carbonyl (C=O) groups excluding carboxylic acids is 1. The van der Waals surface area contributed by atoms with Crippen molar-refractivity contribution in [1.29, 1.82) is 0 Å². The molecule has 6 heteroatoms. The maximum absolute atomic E-state index is 11.9. The summed E-state index contributed by atoms with van der Waals surface area (Å²) < 4.78 is 40.1. The molecular weight excluding hydrogens is 223 g/mol. The smallest absolute Gasteiger partial charge is 0.390 e. The maximum Gasteiger partial charge on any atom is 0.390 e. The van der Waals surface area contributed by atoms with Gasteiger partial charge in [-0.15, -0.1) is 0 Å². The zero-order chi connectivity index (χ0) is 12.8. The summed E-state index contributed by atoms with van der Waals surface area (Å²) in [6.07, 6.45) is -3.45. The number of hydrogen-bond donors (Lipinski definition) is 0. The van der Waals surface area contributed by atoms with Crippen LogP contribution in [0.15, 0.2) is 11.6 Å². The molecule has 3 nitrogen and oxygen atoms in total. The van der Waals surface area contributed by atoms with Gasteiger partial charge in [-0.05, 0) is 14.0 Å². The number of alkyl halides is 3. The molecular formula is C10H16F3NO2. The second-order valence-corrected chi connectivity index (χ2v) is 3.51. The molecule has 0 spiro atoms. The normalized spacial score (nSPS) is 13.1. The average molecular weight is 239 g/mol. The van der Waals surface area contributed by atoms with Crippen LogP contribution < -0.4 is 0 Å². The van der Waals surface area contributed by atoms with Gasteiger partial charge in [0, 0.05) is 18.7 Å². The van der Waals surface area contributed by atoms with Crippen molar-refractivity contribution in [1.82, 2.24) is 4.90 Å². The van der Waals surface area contributed by atoms with Gasteiger partial charge in [0.15, 0.2) is 0 Å². The van der Waals surface area contributed by atoms with Gasteiger partial charge in [0.1, 0.15) is 0 Å². The van der Waals surface area contributed by atoms with E-state index in [9.17, 15) is 18.0 Å². The monoisotopic (exact) mass is 239 g/mol. The van der Waals surface area contributed by atoms with Crippen LogP contribution in [0.4, 0.5) is 13.2 Å². The van der Waals surface area contributed by atoms with E-state index in [1.165, 1.54) is 12.0 Å². The van der Waals surface area contributed by atoms with E-state index < -0.39 is 18.6 Å². The summed E-state index contributed by atoms with van der Waals surface area (Å²) in [5, 5.41) is 0. The largest absolute Gasteiger partial charge is 0.466 e. The zero-order valence-electron chi connectivity index (χ0n) is 9.60. The summed E-state index contributed by atoms with van der Waals surface area (Å²) in [5.41, 5.74) is 0.390. The first kappa shape index (κ1) is 15.0. The Morgan fingerprint density at radius 2 is 2.00 bits per heavy atom. The lowest BCUT2D eigenvalue weighted by Gasteiger charge is -2.15. The first-order chi connectivity index (χ1) is 7.26. The molecule has 94 valence electrons. The van der Waals surface area contributed by atoms with Crippen LogP contribution in [-0.2, 0) is 9.53 Å². The predicted molar refractivity (Wildman–Crippen MR) is 53.9 cm³/mol. The van der Waals surface area contributed by atoms with E-state index in [0.717, 1.165) is 0 Å². The molecule has 16 heavy (non-hydrogen) atoms. The number of likely N-dealkylation sites (N-methyl/N-ethyl adjacent to an activating group) is 1. The van der Waals surface area contributed by atoms with E-state index in [1.54, 1.807) is 20.0 Å². The summed E-state index contributed by atoms with van der Waals surface area (Å²) in [6, 6.07) is 0. The van der Waals surface area contributed by atoms with Crippen molar-refractivity contribution >= 4 is 5.97 Å². The van der Waals surface area contributed by atoms with Crippen LogP contribution >= 0.6 is 0 Å². The highest BCUT2D eigenvalue weighted by molar-refractivity contribution is 5.87. The van der Waals surface area contributed by atoms with Gasteiger partial charge in [-0.2, -0.15) is 13.2 Å². The SMILES string of the molecule is COC(=O)C(C)=CCN(C)CCC(F)(F)F. The minimum atomic E-state index is -4.14. The molecule has 0 saturated carbocycles. The Bertz CT molecular complexity index is 261. The molecule has 0 aromatic carbocycles. The summed E-state index contributed by atoms with van der Waals surface area (Å²) in [5.74, 6) is -0.468. The number of hydrogen-bond acceptors (Lipinski definition) is 3. The zero-order valence-corrected chi connectivity index (χ0v) is 9.60. The van der Waals surface area contributed by atoms with Crippen LogP contribution in [-0.4, -0.2) is 44.3 Å². The topological polar surface area (TPSA) is 29.5 Å². The Kier molecular flexibility index (Phi) is 6.10. The quantitative estimate of drug-likeness (QED) is 0.543. The highest BCUT2D eigenvalue weighted by atomic mass is 19.4. The Morgan fingerprint density at radius 1 is 1.44 bits per heavy atom. The Morgan fingerprint density at radius 3 is 2.44 bits per heavy atom. The van der Waals surface area contributed by atoms with Crippen LogP contribution in [0.1, 0.15) is 13.3 Å². The average Bonchev–Trinajstić information content (AvgIpc) is 2.20. The lowest BCUT2D eigenvalue weighted by Crippen LogP contribution is -2.25. The molecule has 0 aromatic heterocycles. The van der Waals surface area contributed by atoms with E-state index in [0.29, 0.717) is 5.57 Å². The van der Waals surface area contributed by atoms with Crippen LogP contribution in [0.5, 0.6) is 0 Å². The molecule has 0 aliphatic rings. The fourth-order valence-electron chi connectivity index (χ4n) is 0.946. The summed E-state index contributed by atoms with van der Waals surface area (Å²) in [4.78, 5) is 12.4. The van der Waals surface area contributed by atoms with Gasteiger partial charge in [0.25, 0.3) is 0 Å². The van der Waals surface area contributed by atoms with Crippen LogP contribution in [0.3, 0.4) is 0 Å². The number of rotatable bonds is 5. The van der Waals surface area contributed by atoms with Crippen molar-refractivity contribution in [2.45, 2.75) is 19.5 Å². The van der Waals surface area contributed by atoms with E-state index in [1.807, 2.05) is 0 Å². The second-order valence-electron chi connectivity index (χ2n) is 3.51. The van der Waals surface area contributed by atoms with Crippen molar-refractivity contribution in [3.63, 3.8) is 0 Å². The Balaban J connectivity index is 3.98. The van der Waals surface area contributed by atoms with Crippen molar-refractivity contribution in [3.05, 3.63) is 11.6 Å². The molecule has 0 heterocycles. The molecule has 0 fully saturated rings. The van der Waals surface area contributed by atoms with Crippen LogP contribution in [0.25, 0.3) is 0 Å². The summed E-state index contributed by atoms with van der Waals surface area (Å²) >= 11 is 0. The van der Waals surface area contributed by atoms with E-state index >= 15 is 0 Å². The van der Waals surface area contributed by atoms with Gasteiger partial charge in [-0.3, -0.25) is 0 Å². The van der Waals surface area contributed by atoms with Crippen LogP contribution in [0.2, 0.25) is 0 Å². The molecule has 0 rings (SSSR count). The number of ether oxygens (including phenoxy) is 1. The van der Waals surface area contributed by atoms with Gasteiger partial charge < -0.3 is 9.64 Å².